The summed E-state index contributed by atoms with van der Waals surface area (Å²) in [5, 5.41) is 3.82. The molecule has 3 N–H and O–H groups in total. The van der Waals surface area contributed by atoms with Crippen LogP contribution in [0.2, 0.25) is 0 Å². The molecule has 3 rings (SSSR count). The van der Waals surface area contributed by atoms with Gasteiger partial charge in [-0.25, -0.2) is 4.79 Å². The van der Waals surface area contributed by atoms with Gasteiger partial charge in [0.15, 0.2) is 0 Å². The Morgan fingerprint density at radius 2 is 1.46 bits per heavy atom. The van der Waals surface area contributed by atoms with Gasteiger partial charge in [-0.3, -0.25) is 14.1 Å². The van der Waals surface area contributed by atoms with Gasteiger partial charge in [-0.1, -0.05) is 48.5 Å². The van der Waals surface area contributed by atoms with Gasteiger partial charge in [0, 0.05) is 24.1 Å². The molecule has 0 aliphatic rings. The maximum Gasteiger partial charge on any atom is 0.319 e. The third-order valence-corrected chi connectivity index (χ3v) is 6.81. The first-order valence-corrected chi connectivity index (χ1v) is 12.8. The second-order valence-electron chi connectivity index (χ2n) is 8.19. The molecule has 194 valence electrons. The number of para-hydroxylation sites is 2. The lowest BCUT2D eigenvalue weighted by molar-refractivity contribution is -0.121. The minimum atomic E-state index is -4.30. The second-order valence-corrected chi connectivity index (χ2v) is 9.93. The number of urea groups is 1. The summed E-state index contributed by atoms with van der Waals surface area (Å²) in [4.78, 5) is 41.2. The fourth-order valence-corrected chi connectivity index (χ4v) is 3.93. The number of hydrogen-bond acceptors (Lipinski definition) is 5. The van der Waals surface area contributed by atoms with Crippen LogP contribution in [0.4, 0.5) is 21.9 Å². The van der Waals surface area contributed by atoms with Crippen LogP contribution in [0.5, 0.6) is 0 Å². The van der Waals surface area contributed by atoms with Crippen LogP contribution >= 0.6 is 0 Å². The Hall–Kier alpha value is -4.22. The molecule has 4 amide bonds. The van der Waals surface area contributed by atoms with E-state index < -0.39 is 33.9 Å². The molecular weight excluding hydrogens is 496 g/mol. The van der Waals surface area contributed by atoms with Gasteiger partial charge in [-0.2, -0.15) is 8.42 Å². The van der Waals surface area contributed by atoms with Gasteiger partial charge in [0.1, 0.15) is 11.8 Å². The van der Waals surface area contributed by atoms with Gasteiger partial charge < -0.3 is 20.4 Å². The number of benzene rings is 3. The van der Waals surface area contributed by atoms with Gasteiger partial charge in [-0.15, -0.1) is 0 Å². The number of carbonyl (C=O) groups is 3. The standard InChI is InChI=1S/C26H28N4O6S/c1-19(37(34,35)36)20-10-9-11-21(16-20)28-26(33)27-17-24(31)30(23-14-7-4-8-15-23)18-25(32)29(2)22-12-5-3-6-13-22/h3-16,19H,17-18H2,1-2H3,(H2,27,28,33)(H,34,35,36). The molecule has 10 nitrogen and oxygen atoms in total. The first kappa shape index (κ1) is 27.4. The van der Waals surface area contributed by atoms with Crippen LogP contribution in [0.25, 0.3) is 0 Å². The number of amides is 4. The van der Waals surface area contributed by atoms with E-state index in [2.05, 4.69) is 10.6 Å². The highest BCUT2D eigenvalue weighted by atomic mass is 32.2. The van der Waals surface area contributed by atoms with Crippen LogP contribution in [-0.4, -0.2) is 51.0 Å². The number of hydrogen-bond donors (Lipinski definition) is 3. The summed E-state index contributed by atoms with van der Waals surface area (Å²) < 4.78 is 32.1. The van der Waals surface area contributed by atoms with Crippen molar-refractivity contribution >= 4 is 45.0 Å². The molecule has 3 aromatic rings. The Balaban J connectivity index is 1.66. The molecule has 1 unspecified atom stereocenters. The number of rotatable bonds is 9. The van der Waals surface area contributed by atoms with Crippen molar-refractivity contribution in [1.29, 1.82) is 0 Å². The van der Waals surface area contributed by atoms with Gasteiger partial charge >= 0.3 is 6.03 Å². The summed E-state index contributed by atoms with van der Waals surface area (Å²) in [5.74, 6) is -0.831. The molecule has 0 bridgehead atoms. The summed E-state index contributed by atoms with van der Waals surface area (Å²) in [7, 11) is -2.68. The largest absolute Gasteiger partial charge is 0.329 e. The average molecular weight is 525 g/mol. The summed E-state index contributed by atoms with van der Waals surface area (Å²) in [6, 6.07) is 22.9. The predicted molar refractivity (Wildman–Crippen MR) is 142 cm³/mol. The lowest BCUT2D eigenvalue weighted by Gasteiger charge is -2.25. The van der Waals surface area contributed by atoms with Gasteiger partial charge in [0.25, 0.3) is 10.1 Å². The Bertz CT molecular complexity index is 1350. The van der Waals surface area contributed by atoms with Gasteiger partial charge in [0.2, 0.25) is 11.8 Å². The second kappa shape index (κ2) is 12.2. The zero-order valence-electron chi connectivity index (χ0n) is 20.4. The van der Waals surface area contributed by atoms with Crippen molar-refractivity contribution < 1.29 is 27.4 Å². The van der Waals surface area contributed by atoms with Crippen molar-refractivity contribution in [3.63, 3.8) is 0 Å². The molecule has 0 heterocycles. The molecular formula is C26H28N4O6S. The Labute approximate surface area is 215 Å². The van der Waals surface area contributed by atoms with Crippen molar-refractivity contribution in [1.82, 2.24) is 5.32 Å². The highest BCUT2D eigenvalue weighted by Gasteiger charge is 2.23. The molecule has 1 atom stereocenters. The number of likely N-dealkylation sites (N-methyl/N-ethyl adjacent to an activating group) is 1. The topological polar surface area (TPSA) is 136 Å². The summed E-state index contributed by atoms with van der Waals surface area (Å²) in [6.07, 6.45) is 0. The fraction of sp³-hybridized carbons (Fsp3) is 0.192. The van der Waals surface area contributed by atoms with E-state index in [1.807, 2.05) is 6.07 Å². The highest BCUT2D eigenvalue weighted by Crippen LogP contribution is 2.23. The Kier molecular flexibility index (Phi) is 8.99. The van der Waals surface area contributed by atoms with Crippen molar-refractivity contribution in [2.24, 2.45) is 0 Å². The Morgan fingerprint density at radius 3 is 2.05 bits per heavy atom. The van der Waals surface area contributed by atoms with Crippen LogP contribution in [0.15, 0.2) is 84.9 Å². The van der Waals surface area contributed by atoms with E-state index in [0.717, 1.165) is 0 Å². The van der Waals surface area contributed by atoms with Crippen molar-refractivity contribution in [2.75, 3.05) is 35.3 Å². The van der Waals surface area contributed by atoms with Crippen LogP contribution in [0.3, 0.4) is 0 Å². The van der Waals surface area contributed by atoms with E-state index in [4.69, 9.17) is 0 Å². The minimum absolute atomic E-state index is 0.243. The van der Waals surface area contributed by atoms with Crippen LogP contribution in [0, 0.1) is 0 Å². The zero-order valence-corrected chi connectivity index (χ0v) is 21.2. The maximum absolute atomic E-state index is 13.1. The molecule has 37 heavy (non-hydrogen) atoms. The molecule has 0 aliphatic carbocycles. The lowest BCUT2D eigenvalue weighted by Crippen LogP contribution is -2.46. The summed E-state index contributed by atoms with van der Waals surface area (Å²) in [5.41, 5.74) is 1.73. The monoisotopic (exact) mass is 524 g/mol. The first-order valence-electron chi connectivity index (χ1n) is 11.3. The van der Waals surface area contributed by atoms with Crippen LogP contribution in [0.1, 0.15) is 17.7 Å². The molecule has 0 spiro atoms. The summed E-state index contributed by atoms with van der Waals surface area (Å²) in [6.45, 7) is 0.680. The number of anilines is 3. The number of nitrogens with zero attached hydrogens (tertiary/aromatic N) is 2. The normalized spacial score (nSPS) is 11.8. The van der Waals surface area contributed by atoms with E-state index in [9.17, 15) is 27.4 Å². The molecule has 3 aromatic carbocycles. The molecule has 0 saturated carbocycles. The molecule has 0 aromatic heterocycles. The summed E-state index contributed by atoms with van der Waals surface area (Å²) >= 11 is 0. The Morgan fingerprint density at radius 1 is 0.865 bits per heavy atom. The van der Waals surface area contributed by atoms with Crippen molar-refractivity contribution in [2.45, 2.75) is 12.2 Å². The molecule has 0 saturated heterocycles. The van der Waals surface area contributed by atoms with E-state index in [-0.39, 0.29) is 23.7 Å². The SMILES string of the molecule is CC(c1cccc(NC(=O)NCC(=O)N(CC(=O)N(C)c2ccccc2)c2ccccc2)c1)S(=O)(=O)O. The van der Waals surface area contributed by atoms with E-state index in [1.165, 1.54) is 41.0 Å². The van der Waals surface area contributed by atoms with Crippen LogP contribution in [-0.2, 0) is 19.7 Å². The van der Waals surface area contributed by atoms with E-state index in [1.54, 1.807) is 61.6 Å². The smallest absolute Gasteiger partial charge is 0.319 e. The average Bonchev–Trinajstić information content (AvgIpc) is 2.90. The maximum atomic E-state index is 13.1. The van der Waals surface area contributed by atoms with E-state index >= 15 is 0 Å². The van der Waals surface area contributed by atoms with E-state index in [0.29, 0.717) is 11.4 Å². The number of carbonyl (C=O) groups excluding carboxylic acids is 3. The fourth-order valence-electron chi connectivity index (χ4n) is 3.44. The van der Waals surface area contributed by atoms with Crippen molar-refractivity contribution in [3.05, 3.63) is 90.5 Å². The third kappa shape index (κ3) is 7.63. The third-order valence-electron chi connectivity index (χ3n) is 5.64. The molecule has 0 fully saturated rings. The number of nitrogens with one attached hydrogen (secondary N) is 2. The van der Waals surface area contributed by atoms with Crippen molar-refractivity contribution in [3.8, 4) is 0 Å². The quantitative estimate of drug-likeness (QED) is 0.367. The molecule has 0 radical (unpaired) electrons. The van der Waals surface area contributed by atoms with Gasteiger partial charge in [-0.05, 0) is 48.9 Å². The first-order chi connectivity index (χ1) is 17.6. The predicted octanol–water partition coefficient (Wildman–Crippen LogP) is 3.45. The lowest BCUT2D eigenvalue weighted by atomic mass is 10.1. The zero-order chi connectivity index (χ0) is 27.0. The molecule has 0 aliphatic heterocycles. The minimum Gasteiger partial charge on any atom is -0.329 e. The van der Waals surface area contributed by atoms with Crippen LogP contribution < -0.4 is 20.4 Å². The molecule has 11 heteroatoms. The highest BCUT2D eigenvalue weighted by molar-refractivity contribution is 7.86. The van der Waals surface area contributed by atoms with Gasteiger partial charge in [0.05, 0.1) is 6.54 Å².